The Balaban J connectivity index is 2.02. The molecule has 1 amide bonds. The normalized spacial score (nSPS) is 10.6. The number of carbonyl (C=O) groups is 1. The van der Waals surface area contributed by atoms with Crippen LogP contribution in [0.5, 0.6) is 0 Å². The molecule has 2 rings (SSSR count). The summed E-state index contributed by atoms with van der Waals surface area (Å²) in [5.74, 6) is -2.76. The average molecular weight is 359 g/mol. The summed E-state index contributed by atoms with van der Waals surface area (Å²) in [6.07, 6.45) is 1.44. The van der Waals surface area contributed by atoms with Crippen LogP contribution in [-0.4, -0.2) is 16.6 Å². The molecule has 0 aliphatic carbocycles. The summed E-state index contributed by atoms with van der Waals surface area (Å²) in [5, 5.41) is 2.67. The van der Waals surface area contributed by atoms with Gasteiger partial charge in [-0.2, -0.15) is 8.78 Å². The number of pyridine rings is 1. The van der Waals surface area contributed by atoms with Gasteiger partial charge in [0, 0.05) is 16.8 Å². The van der Waals surface area contributed by atoms with Crippen molar-refractivity contribution in [2.75, 3.05) is 5.32 Å². The fourth-order valence-corrected chi connectivity index (χ4v) is 2.17. The zero-order chi connectivity index (χ0) is 14.5. The lowest BCUT2D eigenvalue weighted by atomic mass is 10.2. The number of amides is 1. The minimum absolute atomic E-state index is 0.306. The maximum absolute atomic E-state index is 12.2. The predicted molar refractivity (Wildman–Crippen MR) is 78.2 cm³/mol. The van der Waals surface area contributed by atoms with Crippen LogP contribution in [0.3, 0.4) is 0 Å². The van der Waals surface area contributed by atoms with Crippen molar-refractivity contribution < 1.29 is 13.6 Å². The third-order valence-corrected chi connectivity index (χ3v) is 3.52. The van der Waals surface area contributed by atoms with Crippen molar-refractivity contribution in [3.63, 3.8) is 0 Å². The first kappa shape index (κ1) is 14.9. The Morgan fingerprint density at radius 1 is 1.20 bits per heavy atom. The van der Waals surface area contributed by atoms with Gasteiger partial charge in [0.25, 0.3) is 11.7 Å². The van der Waals surface area contributed by atoms with Crippen LogP contribution in [0.25, 0.3) is 0 Å². The summed E-state index contributed by atoms with van der Waals surface area (Å²) >= 11 is 3.65. The lowest BCUT2D eigenvalue weighted by molar-refractivity contribution is 0.102. The van der Waals surface area contributed by atoms with Gasteiger partial charge in [-0.25, -0.2) is 4.98 Å². The number of thioether (sulfide) groups is 1. The molecule has 0 radical (unpaired) electrons. The Morgan fingerprint density at radius 2 is 1.90 bits per heavy atom. The monoisotopic (exact) mass is 358 g/mol. The van der Waals surface area contributed by atoms with E-state index in [9.17, 15) is 13.6 Å². The molecule has 1 aromatic carbocycles. The van der Waals surface area contributed by atoms with Crippen molar-refractivity contribution in [3.8, 4) is 0 Å². The first-order valence-electron chi connectivity index (χ1n) is 5.52. The van der Waals surface area contributed by atoms with Crippen molar-refractivity contribution in [2.45, 2.75) is 10.7 Å². The third kappa shape index (κ3) is 4.28. The van der Waals surface area contributed by atoms with Gasteiger partial charge in [-0.15, -0.1) is 0 Å². The highest BCUT2D eigenvalue weighted by atomic mass is 79.9. The Kier molecular flexibility index (Phi) is 5.08. The van der Waals surface area contributed by atoms with Crippen molar-refractivity contribution in [2.24, 2.45) is 0 Å². The van der Waals surface area contributed by atoms with E-state index in [1.165, 1.54) is 18.3 Å². The number of halogens is 3. The number of benzene rings is 1. The second-order valence-corrected chi connectivity index (χ2v) is 5.60. The summed E-state index contributed by atoms with van der Waals surface area (Å²) in [6.45, 7) is 0. The maximum Gasteiger partial charge on any atom is 0.288 e. The van der Waals surface area contributed by atoms with E-state index in [4.69, 9.17) is 0 Å². The summed E-state index contributed by atoms with van der Waals surface area (Å²) in [5.41, 5.74) is 0.954. The first-order valence-corrected chi connectivity index (χ1v) is 7.19. The molecule has 20 heavy (non-hydrogen) atoms. The number of hydrogen-bond acceptors (Lipinski definition) is 3. The molecule has 0 spiro atoms. The maximum atomic E-state index is 12.2. The van der Waals surface area contributed by atoms with E-state index >= 15 is 0 Å². The highest BCUT2D eigenvalue weighted by Crippen LogP contribution is 2.26. The molecule has 104 valence electrons. The van der Waals surface area contributed by atoms with E-state index < -0.39 is 5.76 Å². The van der Waals surface area contributed by atoms with Gasteiger partial charge in [-0.05, 0) is 52.3 Å². The second kappa shape index (κ2) is 6.81. The minimum Gasteiger partial charge on any atom is -0.322 e. The van der Waals surface area contributed by atoms with E-state index in [1.54, 1.807) is 24.3 Å². The molecule has 0 saturated carbocycles. The van der Waals surface area contributed by atoms with Gasteiger partial charge in [0.2, 0.25) is 0 Å². The summed E-state index contributed by atoms with van der Waals surface area (Å²) < 4.78 is 25.0. The molecule has 3 nitrogen and oxygen atoms in total. The fourth-order valence-electron chi connectivity index (χ4n) is 1.43. The minimum atomic E-state index is -2.45. The fraction of sp³-hybridized carbons (Fsp3) is 0.0769. The van der Waals surface area contributed by atoms with E-state index in [0.717, 1.165) is 0 Å². The molecule has 0 aliphatic heterocycles. The van der Waals surface area contributed by atoms with E-state index in [0.29, 0.717) is 32.5 Å². The van der Waals surface area contributed by atoms with Crippen LogP contribution >= 0.6 is 27.7 Å². The van der Waals surface area contributed by atoms with Crippen LogP contribution in [0, 0.1) is 0 Å². The van der Waals surface area contributed by atoms with Gasteiger partial charge >= 0.3 is 0 Å². The molecule has 0 unspecified atom stereocenters. The van der Waals surface area contributed by atoms with Gasteiger partial charge in [-0.1, -0.05) is 11.8 Å². The average Bonchev–Trinajstić information content (AvgIpc) is 2.41. The number of anilines is 1. The first-order chi connectivity index (χ1) is 9.54. The number of nitrogens with one attached hydrogen (secondary N) is 1. The SMILES string of the molecule is O=C(Nc1ccc(SC(F)F)cc1)c1ccc(Br)nc1. The zero-order valence-corrected chi connectivity index (χ0v) is 12.4. The highest BCUT2D eigenvalue weighted by molar-refractivity contribution is 9.10. The number of alkyl halides is 2. The van der Waals surface area contributed by atoms with Crippen molar-refractivity contribution in [1.82, 2.24) is 4.98 Å². The van der Waals surface area contributed by atoms with Gasteiger partial charge in [0.15, 0.2) is 0 Å². The molecule has 1 aromatic heterocycles. The molecule has 2 aromatic rings. The molecule has 1 heterocycles. The predicted octanol–water partition coefficient (Wildman–Crippen LogP) is 4.41. The molecule has 0 saturated heterocycles. The Bertz CT molecular complexity index is 590. The molecule has 1 N–H and O–H groups in total. The van der Waals surface area contributed by atoms with E-state index in [-0.39, 0.29) is 5.91 Å². The van der Waals surface area contributed by atoms with Crippen molar-refractivity contribution in [1.29, 1.82) is 0 Å². The molecule has 0 aliphatic rings. The zero-order valence-electron chi connectivity index (χ0n) is 10.0. The van der Waals surface area contributed by atoms with Crippen molar-refractivity contribution in [3.05, 3.63) is 52.8 Å². The van der Waals surface area contributed by atoms with Gasteiger partial charge in [0.05, 0.1) is 5.56 Å². The van der Waals surface area contributed by atoms with Crippen LogP contribution in [-0.2, 0) is 0 Å². The number of nitrogens with zero attached hydrogens (tertiary/aromatic N) is 1. The molecular formula is C13H9BrF2N2OS. The largest absolute Gasteiger partial charge is 0.322 e. The number of hydrogen-bond donors (Lipinski definition) is 1. The molecule has 7 heteroatoms. The molecule has 0 bridgehead atoms. The van der Waals surface area contributed by atoms with Gasteiger partial charge < -0.3 is 5.32 Å². The van der Waals surface area contributed by atoms with E-state index in [1.807, 2.05) is 0 Å². The van der Waals surface area contributed by atoms with Crippen LogP contribution in [0.2, 0.25) is 0 Å². The van der Waals surface area contributed by atoms with Crippen LogP contribution in [0.4, 0.5) is 14.5 Å². The topological polar surface area (TPSA) is 42.0 Å². The summed E-state index contributed by atoms with van der Waals surface area (Å²) in [6, 6.07) is 9.52. The second-order valence-electron chi connectivity index (χ2n) is 3.73. The Morgan fingerprint density at radius 3 is 2.45 bits per heavy atom. The molecule has 0 atom stereocenters. The Labute approximate surface area is 126 Å². The lowest BCUT2D eigenvalue weighted by Gasteiger charge is -2.06. The van der Waals surface area contributed by atoms with Crippen molar-refractivity contribution >= 4 is 39.3 Å². The van der Waals surface area contributed by atoms with E-state index in [2.05, 4.69) is 26.2 Å². The van der Waals surface area contributed by atoms with Gasteiger partial charge in [-0.3, -0.25) is 4.79 Å². The van der Waals surface area contributed by atoms with Crippen LogP contribution < -0.4 is 5.32 Å². The standard InChI is InChI=1S/C13H9BrF2N2OS/c14-11-6-1-8(7-17-11)12(19)18-9-2-4-10(5-3-9)20-13(15)16/h1-7,13H,(H,18,19). The smallest absolute Gasteiger partial charge is 0.288 e. The third-order valence-electron chi connectivity index (χ3n) is 2.33. The van der Waals surface area contributed by atoms with Crippen LogP contribution in [0.15, 0.2) is 52.1 Å². The molecule has 0 fully saturated rings. The highest BCUT2D eigenvalue weighted by Gasteiger charge is 2.08. The molecular weight excluding hydrogens is 350 g/mol. The van der Waals surface area contributed by atoms with Gasteiger partial charge in [0.1, 0.15) is 4.60 Å². The van der Waals surface area contributed by atoms with Crippen LogP contribution in [0.1, 0.15) is 10.4 Å². The Hall–Kier alpha value is -1.47. The number of rotatable bonds is 4. The lowest BCUT2D eigenvalue weighted by Crippen LogP contribution is -2.11. The summed E-state index contributed by atoms with van der Waals surface area (Å²) in [7, 11) is 0. The number of aromatic nitrogens is 1. The summed E-state index contributed by atoms with van der Waals surface area (Å²) in [4.78, 5) is 16.3. The number of carbonyl (C=O) groups excluding carboxylic acids is 1. The quantitative estimate of drug-likeness (QED) is 0.650.